The lowest BCUT2D eigenvalue weighted by Gasteiger charge is -2.14. The van der Waals surface area contributed by atoms with Crippen LogP contribution in [0.3, 0.4) is 0 Å². The summed E-state index contributed by atoms with van der Waals surface area (Å²) in [5.41, 5.74) is 2.36. The molecule has 0 spiro atoms. The van der Waals surface area contributed by atoms with Gasteiger partial charge in [-0.05, 0) is 19.1 Å². The van der Waals surface area contributed by atoms with Gasteiger partial charge in [-0.1, -0.05) is 35.5 Å². The van der Waals surface area contributed by atoms with Crippen LogP contribution in [0.4, 0.5) is 8.78 Å². The van der Waals surface area contributed by atoms with Crippen molar-refractivity contribution in [3.63, 3.8) is 0 Å². The number of rotatable bonds is 6. The molecule has 0 bridgehead atoms. The van der Waals surface area contributed by atoms with Gasteiger partial charge in [0.25, 0.3) is 0 Å². The Morgan fingerprint density at radius 2 is 1.93 bits per heavy atom. The number of allylic oxidation sites excluding steroid dienone is 1. The third-order valence-electron chi connectivity index (χ3n) is 4.32. The quantitative estimate of drug-likeness (QED) is 0.458. The molecule has 6 nitrogen and oxygen atoms in total. The van der Waals surface area contributed by atoms with Crippen LogP contribution >= 0.6 is 0 Å². The molecule has 2 aromatic carbocycles. The number of ether oxygens (including phenoxy) is 1. The first-order valence-corrected chi connectivity index (χ1v) is 8.86. The number of hydrogen-bond acceptors (Lipinski definition) is 4. The van der Waals surface area contributed by atoms with Crippen molar-refractivity contribution >= 4 is 11.5 Å². The summed E-state index contributed by atoms with van der Waals surface area (Å²) < 4.78 is 36.2. The minimum Gasteiger partial charge on any atom is -0.485 e. The van der Waals surface area contributed by atoms with E-state index in [1.807, 2.05) is 48.0 Å². The lowest BCUT2D eigenvalue weighted by atomic mass is 10.1. The summed E-state index contributed by atoms with van der Waals surface area (Å²) in [4.78, 5) is 4.07. The molecule has 0 aliphatic rings. The van der Waals surface area contributed by atoms with Crippen LogP contribution in [-0.4, -0.2) is 24.5 Å². The van der Waals surface area contributed by atoms with E-state index in [4.69, 9.17) is 4.74 Å². The second-order valence-electron chi connectivity index (χ2n) is 6.29. The van der Waals surface area contributed by atoms with E-state index in [0.717, 1.165) is 17.3 Å². The normalized spacial score (nSPS) is 12.0. The maximum atomic E-state index is 14.0. The molecule has 2 heterocycles. The summed E-state index contributed by atoms with van der Waals surface area (Å²) in [6.07, 6.45) is 6.75. The molecular formula is C21H17F2N5O. The molecule has 4 rings (SSSR count). The summed E-state index contributed by atoms with van der Waals surface area (Å²) in [6.45, 7) is 2.05. The molecule has 146 valence electrons. The van der Waals surface area contributed by atoms with Crippen LogP contribution in [0, 0.1) is 11.6 Å². The van der Waals surface area contributed by atoms with Gasteiger partial charge in [-0.15, -0.1) is 5.10 Å². The van der Waals surface area contributed by atoms with Crippen molar-refractivity contribution in [2.75, 3.05) is 0 Å². The van der Waals surface area contributed by atoms with Gasteiger partial charge in [0.15, 0.2) is 5.82 Å². The van der Waals surface area contributed by atoms with Crippen molar-refractivity contribution in [3.05, 3.63) is 96.3 Å². The van der Waals surface area contributed by atoms with E-state index in [1.54, 1.807) is 18.7 Å². The first-order valence-electron chi connectivity index (χ1n) is 8.86. The van der Waals surface area contributed by atoms with Crippen molar-refractivity contribution in [2.45, 2.75) is 13.5 Å². The number of hydrogen-bond donors (Lipinski definition) is 0. The van der Waals surface area contributed by atoms with Gasteiger partial charge in [-0.3, -0.25) is 0 Å². The molecule has 0 saturated heterocycles. The van der Waals surface area contributed by atoms with E-state index in [0.29, 0.717) is 11.5 Å². The van der Waals surface area contributed by atoms with Gasteiger partial charge in [0.2, 0.25) is 0 Å². The second-order valence-corrected chi connectivity index (χ2v) is 6.29. The van der Waals surface area contributed by atoms with Crippen LogP contribution in [0.15, 0.2) is 73.4 Å². The lowest BCUT2D eigenvalue weighted by Crippen LogP contribution is -2.01. The zero-order valence-electron chi connectivity index (χ0n) is 15.5. The fraction of sp³-hybridized carbons (Fsp3) is 0.0952. The predicted molar refractivity (Wildman–Crippen MR) is 104 cm³/mol. The third kappa shape index (κ3) is 4.06. The van der Waals surface area contributed by atoms with Crippen molar-refractivity contribution in [1.29, 1.82) is 0 Å². The molecule has 0 atom stereocenters. The highest BCUT2D eigenvalue weighted by molar-refractivity contribution is 5.77. The van der Waals surface area contributed by atoms with Crippen molar-refractivity contribution in [3.8, 4) is 5.69 Å². The Balaban J connectivity index is 1.59. The Labute approximate surface area is 165 Å². The second kappa shape index (κ2) is 8.05. The molecule has 0 amide bonds. The molecule has 0 aliphatic heterocycles. The first-order chi connectivity index (χ1) is 14.1. The minimum atomic E-state index is -0.719. The Bertz CT molecular complexity index is 1140. The number of nitrogens with zero attached hydrogens (tertiary/aromatic N) is 5. The molecule has 2 aromatic heterocycles. The van der Waals surface area contributed by atoms with E-state index in [9.17, 15) is 8.78 Å². The van der Waals surface area contributed by atoms with Gasteiger partial charge < -0.3 is 9.30 Å². The maximum Gasteiger partial charge on any atom is 0.151 e. The zero-order chi connectivity index (χ0) is 20.2. The Morgan fingerprint density at radius 3 is 2.66 bits per heavy atom. The summed E-state index contributed by atoms with van der Waals surface area (Å²) in [7, 11) is 0. The van der Waals surface area contributed by atoms with Gasteiger partial charge >= 0.3 is 0 Å². The molecule has 4 aromatic rings. The summed E-state index contributed by atoms with van der Waals surface area (Å²) in [5.74, 6) is -0.711. The van der Waals surface area contributed by atoms with Crippen LogP contribution in [0.2, 0.25) is 0 Å². The van der Waals surface area contributed by atoms with Crippen molar-refractivity contribution < 1.29 is 13.5 Å². The van der Waals surface area contributed by atoms with Crippen LogP contribution in [-0.2, 0) is 11.3 Å². The van der Waals surface area contributed by atoms with Gasteiger partial charge in [0, 0.05) is 24.0 Å². The lowest BCUT2D eigenvalue weighted by molar-refractivity contribution is 0.260. The molecule has 0 fully saturated rings. The predicted octanol–water partition coefficient (Wildman–Crippen LogP) is 4.30. The fourth-order valence-electron chi connectivity index (χ4n) is 2.86. The first kappa shape index (κ1) is 18.5. The average Bonchev–Trinajstić information content (AvgIpc) is 3.41. The highest BCUT2D eigenvalue weighted by atomic mass is 19.1. The highest BCUT2D eigenvalue weighted by Crippen LogP contribution is 2.24. The Kier molecular flexibility index (Phi) is 5.15. The maximum absolute atomic E-state index is 14.0. The molecule has 0 saturated carbocycles. The molecule has 0 radical (unpaired) electrons. The molecule has 0 unspecified atom stereocenters. The third-order valence-corrected chi connectivity index (χ3v) is 4.32. The monoisotopic (exact) mass is 393 g/mol. The number of halogens is 2. The number of benzene rings is 2. The summed E-state index contributed by atoms with van der Waals surface area (Å²) >= 11 is 0. The Hall–Kier alpha value is -3.81. The van der Waals surface area contributed by atoms with Gasteiger partial charge in [0.05, 0.1) is 18.2 Å². The van der Waals surface area contributed by atoms with Gasteiger partial charge in [-0.2, -0.15) is 0 Å². The SMILES string of the molecule is C/C(=C(/OCc1cn(-c2ccc(F)cc2F)nn1)c1ccccc1)n1ccnc1. The number of imidazole rings is 1. The van der Waals surface area contributed by atoms with E-state index < -0.39 is 11.6 Å². The van der Waals surface area contributed by atoms with E-state index in [2.05, 4.69) is 15.3 Å². The van der Waals surface area contributed by atoms with Gasteiger partial charge in [-0.25, -0.2) is 18.4 Å². The standard InChI is InChI=1S/C21H17F2N5O/c1-15(27-10-9-24-14-27)21(16-5-3-2-4-6-16)29-13-18-12-28(26-25-18)20-8-7-17(22)11-19(20)23/h2-12,14H,13H2,1H3/b21-15-. The molecular weight excluding hydrogens is 376 g/mol. The number of aromatic nitrogens is 5. The molecule has 8 heteroatoms. The zero-order valence-corrected chi connectivity index (χ0v) is 15.5. The van der Waals surface area contributed by atoms with Crippen LogP contribution < -0.4 is 0 Å². The van der Waals surface area contributed by atoms with Crippen molar-refractivity contribution in [1.82, 2.24) is 24.5 Å². The largest absolute Gasteiger partial charge is 0.485 e. The Morgan fingerprint density at radius 1 is 1.10 bits per heavy atom. The van der Waals surface area contributed by atoms with Crippen LogP contribution in [0.5, 0.6) is 0 Å². The van der Waals surface area contributed by atoms with E-state index in [1.165, 1.54) is 16.8 Å². The van der Waals surface area contributed by atoms with Gasteiger partial charge in [0.1, 0.15) is 29.6 Å². The smallest absolute Gasteiger partial charge is 0.151 e. The summed E-state index contributed by atoms with van der Waals surface area (Å²) in [5, 5.41) is 7.94. The van der Waals surface area contributed by atoms with Crippen LogP contribution in [0.1, 0.15) is 18.2 Å². The highest BCUT2D eigenvalue weighted by Gasteiger charge is 2.13. The summed E-state index contributed by atoms with van der Waals surface area (Å²) in [6, 6.07) is 12.9. The molecule has 0 N–H and O–H groups in total. The average molecular weight is 393 g/mol. The molecule has 0 aliphatic carbocycles. The van der Waals surface area contributed by atoms with E-state index in [-0.39, 0.29) is 12.3 Å². The molecule has 29 heavy (non-hydrogen) atoms. The van der Waals surface area contributed by atoms with E-state index >= 15 is 0 Å². The minimum absolute atomic E-state index is 0.110. The topological polar surface area (TPSA) is 57.8 Å². The fourth-order valence-corrected chi connectivity index (χ4v) is 2.86. The van der Waals surface area contributed by atoms with Crippen LogP contribution in [0.25, 0.3) is 17.1 Å². The van der Waals surface area contributed by atoms with Crippen molar-refractivity contribution in [2.24, 2.45) is 0 Å².